The standard InChI is InChI=1S/C31H28Br2N2O5/c1-4-38-29(36)31(13-14-31)24-11-9-21(10-12-24)20-5-7-22(8-6-20)28-27(18(2)35-40-28)34-30(37)39-19(3)23-15-25(32)17-26(33)16-23/h5-12,15-17,19H,4,13-14H2,1-3H3,(H,34,37)/t19-/m1/s1. The largest absolute Gasteiger partial charge is 0.465 e. The average molecular weight is 668 g/mol. The quantitative estimate of drug-likeness (QED) is 0.189. The van der Waals surface area contributed by atoms with E-state index < -0.39 is 17.6 Å². The first-order valence-electron chi connectivity index (χ1n) is 13.0. The van der Waals surface area contributed by atoms with Crippen molar-refractivity contribution in [1.82, 2.24) is 5.16 Å². The van der Waals surface area contributed by atoms with Gasteiger partial charge in [-0.25, -0.2) is 4.79 Å². The Labute approximate surface area is 249 Å². The van der Waals surface area contributed by atoms with Gasteiger partial charge in [-0.3, -0.25) is 10.1 Å². The molecule has 1 atom stereocenters. The molecule has 0 radical (unpaired) electrons. The highest BCUT2D eigenvalue weighted by Gasteiger charge is 2.52. The number of benzene rings is 3. The molecule has 206 valence electrons. The SMILES string of the molecule is CCOC(=O)C1(c2ccc(-c3ccc(-c4onc(C)c4NC(=O)O[C@H](C)c4cc(Br)cc(Br)c4)cc3)cc2)CC1. The highest BCUT2D eigenvalue weighted by molar-refractivity contribution is 9.11. The molecular formula is C31H28Br2N2O5. The van der Waals surface area contributed by atoms with Crippen molar-refractivity contribution in [3.63, 3.8) is 0 Å². The third kappa shape index (κ3) is 5.86. The van der Waals surface area contributed by atoms with Crippen LogP contribution in [0.4, 0.5) is 10.5 Å². The summed E-state index contributed by atoms with van der Waals surface area (Å²) in [4.78, 5) is 25.2. The van der Waals surface area contributed by atoms with Crippen molar-refractivity contribution < 1.29 is 23.6 Å². The lowest BCUT2D eigenvalue weighted by atomic mass is 9.93. The maximum Gasteiger partial charge on any atom is 0.412 e. The van der Waals surface area contributed by atoms with Crippen molar-refractivity contribution in [2.75, 3.05) is 11.9 Å². The zero-order valence-corrected chi connectivity index (χ0v) is 25.5. The Morgan fingerprint density at radius 1 is 0.975 bits per heavy atom. The Morgan fingerprint density at radius 3 is 2.12 bits per heavy atom. The summed E-state index contributed by atoms with van der Waals surface area (Å²) in [6.07, 6.45) is 0.557. The van der Waals surface area contributed by atoms with Crippen LogP contribution in [0.25, 0.3) is 22.5 Å². The molecule has 1 amide bonds. The molecule has 40 heavy (non-hydrogen) atoms. The van der Waals surface area contributed by atoms with Crippen molar-refractivity contribution in [3.8, 4) is 22.5 Å². The fraction of sp³-hybridized carbons (Fsp3) is 0.258. The summed E-state index contributed by atoms with van der Waals surface area (Å²) in [5.41, 5.74) is 5.15. The van der Waals surface area contributed by atoms with E-state index in [4.69, 9.17) is 14.0 Å². The van der Waals surface area contributed by atoms with Crippen molar-refractivity contribution in [1.29, 1.82) is 0 Å². The predicted molar refractivity (Wildman–Crippen MR) is 160 cm³/mol. The Kier molecular flexibility index (Phi) is 8.14. The van der Waals surface area contributed by atoms with E-state index in [1.165, 1.54) is 0 Å². The number of halogens is 2. The second kappa shape index (κ2) is 11.6. The minimum absolute atomic E-state index is 0.140. The van der Waals surface area contributed by atoms with E-state index in [2.05, 4.69) is 42.3 Å². The topological polar surface area (TPSA) is 90.7 Å². The molecule has 1 aliphatic rings. The monoisotopic (exact) mass is 666 g/mol. The number of aromatic nitrogens is 1. The Morgan fingerprint density at radius 2 is 1.55 bits per heavy atom. The van der Waals surface area contributed by atoms with Gasteiger partial charge in [0.15, 0.2) is 5.76 Å². The molecule has 1 aromatic heterocycles. The molecule has 5 rings (SSSR count). The summed E-state index contributed by atoms with van der Waals surface area (Å²) in [6.45, 7) is 5.78. The Balaban J connectivity index is 1.28. The smallest absolute Gasteiger partial charge is 0.412 e. The number of esters is 1. The van der Waals surface area contributed by atoms with Gasteiger partial charge in [-0.05, 0) is 74.1 Å². The molecule has 0 bridgehead atoms. The number of anilines is 1. The number of nitrogens with zero attached hydrogens (tertiary/aromatic N) is 1. The van der Waals surface area contributed by atoms with E-state index in [-0.39, 0.29) is 5.97 Å². The number of hydrogen-bond donors (Lipinski definition) is 1. The van der Waals surface area contributed by atoms with Gasteiger partial charge in [0, 0.05) is 14.5 Å². The average Bonchev–Trinajstić information content (AvgIpc) is 3.67. The van der Waals surface area contributed by atoms with Crippen LogP contribution in [0.5, 0.6) is 0 Å². The normalized spacial score (nSPS) is 14.3. The van der Waals surface area contributed by atoms with Gasteiger partial charge in [0.1, 0.15) is 17.5 Å². The van der Waals surface area contributed by atoms with Gasteiger partial charge in [0.2, 0.25) is 0 Å². The fourth-order valence-electron chi connectivity index (χ4n) is 4.68. The highest BCUT2D eigenvalue weighted by atomic mass is 79.9. The van der Waals surface area contributed by atoms with Gasteiger partial charge in [-0.2, -0.15) is 0 Å². The van der Waals surface area contributed by atoms with Gasteiger partial charge in [-0.15, -0.1) is 0 Å². The maximum absolute atomic E-state index is 12.8. The van der Waals surface area contributed by atoms with Crippen LogP contribution in [0.15, 0.2) is 80.2 Å². The zero-order valence-electron chi connectivity index (χ0n) is 22.3. The van der Waals surface area contributed by atoms with Gasteiger partial charge in [0.25, 0.3) is 0 Å². The predicted octanol–water partition coefficient (Wildman–Crippen LogP) is 8.75. The summed E-state index contributed by atoms with van der Waals surface area (Å²) in [5.74, 6) is 0.303. The Bertz CT molecular complexity index is 1520. The number of hydrogen-bond acceptors (Lipinski definition) is 6. The van der Waals surface area contributed by atoms with Crippen molar-refractivity contribution in [2.45, 2.75) is 45.1 Å². The molecule has 1 saturated carbocycles. The summed E-state index contributed by atoms with van der Waals surface area (Å²) in [5, 5.41) is 6.86. The van der Waals surface area contributed by atoms with Gasteiger partial charge >= 0.3 is 12.1 Å². The molecule has 0 unspecified atom stereocenters. The van der Waals surface area contributed by atoms with E-state index in [0.29, 0.717) is 23.7 Å². The van der Waals surface area contributed by atoms with E-state index in [1.54, 1.807) is 6.92 Å². The molecule has 7 nitrogen and oxygen atoms in total. The molecule has 9 heteroatoms. The lowest BCUT2D eigenvalue weighted by molar-refractivity contribution is -0.146. The van der Waals surface area contributed by atoms with E-state index >= 15 is 0 Å². The molecule has 1 heterocycles. The summed E-state index contributed by atoms with van der Waals surface area (Å²) < 4.78 is 18.2. The number of ether oxygens (including phenoxy) is 2. The van der Waals surface area contributed by atoms with Crippen LogP contribution >= 0.6 is 31.9 Å². The molecule has 0 aliphatic heterocycles. The molecule has 4 aromatic rings. The molecule has 1 aliphatic carbocycles. The second-order valence-electron chi connectivity index (χ2n) is 9.80. The van der Waals surface area contributed by atoms with Crippen LogP contribution in [0, 0.1) is 6.92 Å². The first-order chi connectivity index (χ1) is 19.2. The van der Waals surface area contributed by atoms with Crippen LogP contribution in [0.3, 0.4) is 0 Å². The molecule has 3 aromatic carbocycles. The van der Waals surface area contributed by atoms with Crippen LogP contribution in [-0.2, 0) is 19.7 Å². The first kappa shape index (κ1) is 28.1. The minimum Gasteiger partial charge on any atom is -0.465 e. The summed E-state index contributed by atoms with van der Waals surface area (Å²) >= 11 is 6.92. The maximum atomic E-state index is 12.8. The zero-order chi connectivity index (χ0) is 28.4. The van der Waals surface area contributed by atoms with Crippen LogP contribution < -0.4 is 5.32 Å². The molecule has 1 fully saturated rings. The second-order valence-corrected chi connectivity index (χ2v) is 11.6. The van der Waals surface area contributed by atoms with E-state index in [0.717, 1.165) is 49.6 Å². The van der Waals surface area contributed by atoms with Gasteiger partial charge in [-0.1, -0.05) is 85.5 Å². The molecule has 1 N–H and O–H groups in total. The Hall–Kier alpha value is -3.43. The van der Waals surface area contributed by atoms with Crippen LogP contribution in [0.2, 0.25) is 0 Å². The van der Waals surface area contributed by atoms with Crippen LogP contribution in [-0.4, -0.2) is 23.8 Å². The van der Waals surface area contributed by atoms with Crippen LogP contribution in [0.1, 0.15) is 49.6 Å². The van der Waals surface area contributed by atoms with Crippen molar-refractivity contribution in [3.05, 3.63) is 92.5 Å². The molecular weight excluding hydrogens is 640 g/mol. The number of aryl methyl sites for hydroxylation is 1. The third-order valence-electron chi connectivity index (χ3n) is 7.06. The number of rotatable bonds is 8. The number of nitrogens with one attached hydrogen (secondary N) is 1. The number of carbonyl (C=O) groups excluding carboxylic acids is 2. The lowest BCUT2D eigenvalue weighted by Crippen LogP contribution is -2.23. The first-order valence-corrected chi connectivity index (χ1v) is 14.6. The van der Waals surface area contributed by atoms with E-state index in [9.17, 15) is 9.59 Å². The van der Waals surface area contributed by atoms with Crippen molar-refractivity contribution in [2.24, 2.45) is 0 Å². The molecule has 0 spiro atoms. The third-order valence-corrected chi connectivity index (χ3v) is 7.98. The van der Waals surface area contributed by atoms with E-state index in [1.807, 2.05) is 80.6 Å². The van der Waals surface area contributed by atoms with Gasteiger partial charge < -0.3 is 14.0 Å². The number of amides is 1. The fourth-order valence-corrected chi connectivity index (χ4v) is 6.01. The van der Waals surface area contributed by atoms with Crippen molar-refractivity contribution >= 4 is 49.6 Å². The summed E-state index contributed by atoms with van der Waals surface area (Å²) in [6, 6.07) is 21.6. The highest BCUT2D eigenvalue weighted by Crippen LogP contribution is 2.49. The number of carbonyl (C=O) groups is 2. The minimum atomic E-state index is -0.607. The lowest BCUT2D eigenvalue weighted by Gasteiger charge is -2.15. The summed E-state index contributed by atoms with van der Waals surface area (Å²) in [7, 11) is 0. The molecule has 0 saturated heterocycles. The van der Waals surface area contributed by atoms with Gasteiger partial charge in [0.05, 0.1) is 12.0 Å².